The van der Waals surface area contributed by atoms with Gasteiger partial charge in [-0.2, -0.15) is 0 Å². The molecular weight excluding hydrogens is 448 g/mol. The zero-order chi connectivity index (χ0) is 24.5. The van der Waals surface area contributed by atoms with Gasteiger partial charge in [-0.25, -0.2) is 0 Å². The smallest absolute Gasteiger partial charge is 0.295 e. The zero-order valence-electron chi connectivity index (χ0n) is 20.0. The van der Waals surface area contributed by atoms with Gasteiger partial charge in [-0.05, 0) is 35.2 Å². The number of carbonyl (C=O) groups is 2. The first-order valence-electron chi connectivity index (χ1n) is 12.0. The van der Waals surface area contributed by atoms with Crippen LogP contribution in [-0.4, -0.2) is 72.8 Å². The third kappa shape index (κ3) is 4.51. The first-order chi connectivity index (χ1) is 16.9. The van der Waals surface area contributed by atoms with E-state index < -0.39 is 17.7 Å². The van der Waals surface area contributed by atoms with E-state index in [9.17, 15) is 14.7 Å². The van der Waals surface area contributed by atoms with Gasteiger partial charge in [0, 0.05) is 31.7 Å². The molecule has 2 saturated heterocycles. The van der Waals surface area contributed by atoms with E-state index in [1.165, 1.54) is 0 Å². The molecule has 35 heavy (non-hydrogen) atoms. The molecule has 3 aliphatic rings. The van der Waals surface area contributed by atoms with Crippen molar-refractivity contribution in [2.75, 3.05) is 46.2 Å². The molecule has 3 aliphatic heterocycles. The van der Waals surface area contributed by atoms with Crippen molar-refractivity contribution in [1.82, 2.24) is 9.80 Å². The molecule has 0 bridgehead atoms. The monoisotopic (exact) mass is 478 g/mol. The fraction of sp³-hybridized carbons (Fsp3) is 0.407. The van der Waals surface area contributed by atoms with Crippen molar-refractivity contribution >= 4 is 17.4 Å². The van der Waals surface area contributed by atoms with E-state index in [1.54, 1.807) is 23.1 Å². The van der Waals surface area contributed by atoms with E-state index in [4.69, 9.17) is 14.2 Å². The van der Waals surface area contributed by atoms with Gasteiger partial charge >= 0.3 is 0 Å². The number of aliphatic hydroxyl groups excluding tert-OH is 1. The molecule has 0 radical (unpaired) electrons. The summed E-state index contributed by atoms with van der Waals surface area (Å²) >= 11 is 0. The molecular formula is C27H30N2O6. The first-order valence-corrected chi connectivity index (χ1v) is 12.0. The van der Waals surface area contributed by atoms with Crippen molar-refractivity contribution in [2.45, 2.75) is 25.8 Å². The van der Waals surface area contributed by atoms with Crippen LogP contribution in [-0.2, 0) is 14.3 Å². The summed E-state index contributed by atoms with van der Waals surface area (Å²) < 4.78 is 16.2. The highest BCUT2D eigenvalue weighted by atomic mass is 16.7. The number of rotatable bonds is 6. The van der Waals surface area contributed by atoms with E-state index >= 15 is 0 Å². The third-order valence-electron chi connectivity index (χ3n) is 6.87. The Morgan fingerprint density at radius 1 is 1.00 bits per heavy atom. The summed E-state index contributed by atoms with van der Waals surface area (Å²) in [4.78, 5) is 30.3. The van der Waals surface area contributed by atoms with E-state index in [1.807, 2.05) is 24.3 Å². The molecule has 5 rings (SSSR count). The van der Waals surface area contributed by atoms with Crippen LogP contribution in [0, 0.1) is 0 Å². The molecule has 2 aromatic rings. The molecule has 0 spiro atoms. The molecule has 0 aromatic heterocycles. The molecule has 0 aliphatic carbocycles. The predicted octanol–water partition coefficient (Wildman–Crippen LogP) is 3.29. The molecule has 8 heteroatoms. The topological polar surface area (TPSA) is 88.5 Å². The summed E-state index contributed by atoms with van der Waals surface area (Å²) in [6.07, 6.45) is 0. The molecule has 1 N–H and O–H groups in total. The Morgan fingerprint density at radius 3 is 2.43 bits per heavy atom. The highest BCUT2D eigenvalue weighted by Gasteiger charge is 2.46. The second kappa shape index (κ2) is 9.71. The number of benzene rings is 2. The van der Waals surface area contributed by atoms with E-state index in [-0.39, 0.29) is 18.1 Å². The molecule has 0 saturated carbocycles. The van der Waals surface area contributed by atoms with E-state index in [0.29, 0.717) is 49.3 Å². The largest absolute Gasteiger partial charge is 0.507 e. The molecule has 1 unspecified atom stereocenters. The van der Waals surface area contributed by atoms with Crippen LogP contribution in [0.2, 0.25) is 0 Å². The minimum atomic E-state index is -0.680. The minimum Gasteiger partial charge on any atom is -0.507 e. The van der Waals surface area contributed by atoms with Crippen molar-refractivity contribution in [3.8, 4) is 11.5 Å². The molecule has 8 nitrogen and oxygen atoms in total. The minimum absolute atomic E-state index is 0.0909. The lowest BCUT2D eigenvalue weighted by Crippen LogP contribution is -2.42. The molecule has 2 fully saturated rings. The zero-order valence-corrected chi connectivity index (χ0v) is 20.0. The maximum absolute atomic E-state index is 13.3. The van der Waals surface area contributed by atoms with Crippen LogP contribution in [0.5, 0.6) is 11.5 Å². The fourth-order valence-corrected chi connectivity index (χ4v) is 4.79. The molecule has 1 atom stereocenters. The van der Waals surface area contributed by atoms with Crippen molar-refractivity contribution in [3.63, 3.8) is 0 Å². The quantitative estimate of drug-likeness (QED) is 0.387. The van der Waals surface area contributed by atoms with Gasteiger partial charge in [-0.3, -0.25) is 14.5 Å². The van der Waals surface area contributed by atoms with E-state index in [0.717, 1.165) is 24.2 Å². The molecule has 184 valence electrons. The lowest BCUT2D eigenvalue weighted by Gasteiger charge is -2.31. The summed E-state index contributed by atoms with van der Waals surface area (Å²) in [7, 11) is 0. The average molecular weight is 479 g/mol. The highest BCUT2D eigenvalue weighted by molar-refractivity contribution is 6.46. The lowest BCUT2D eigenvalue weighted by molar-refractivity contribution is -0.140. The number of ether oxygens (including phenoxy) is 3. The molecule has 3 heterocycles. The maximum atomic E-state index is 13.3. The Morgan fingerprint density at radius 2 is 1.71 bits per heavy atom. The number of ketones is 1. The summed E-state index contributed by atoms with van der Waals surface area (Å²) in [5, 5.41) is 11.3. The first kappa shape index (κ1) is 23.4. The second-order valence-electron chi connectivity index (χ2n) is 9.34. The fourth-order valence-electron chi connectivity index (χ4n) is 4.79. The second-order valence-corrected chi connectivity index (χ2v) is 9.34. The molecule has 2 aromatic carbocycles. The van der Waals surface area contributed by atoms with Gasteiger partial charge in [-0.15, -0.1) is 0 Å². The van der Waals surface area contributed by atoms with Crippen LogP contribution in [0.1, 0.15) is 42.5 Å². The number of fused-ring (bicyclic) bond motifs is 1. The SMILES string of the molecule is CC(C)c1ccc(C2/C(=C(\O)c3ccc4c(c3)OCO4)C(=O)C(=O)N2CCN2CCOCC2)cc1. The summed E-state index contributed by atoms with van der Waals surface area (Å²) in [6, 6.07) is 12.2. The highest BCUT2D eigenvalue weighted by Crippen LogP contribution is 2.41. The maximum Gasteiger partial charge on any atom is 0.295 e. The number of hydrogen-bond donors (Lipinski definition) is 1. The van der Waals surface area contributed by atoms with Gasteiger partial charge in [0.15, 0.2) is 11.5 Å². The number of morpholine rings is 1. The van der Waals surface area contributed by atoms with Crippen molar-refractivity contribution in [2.24, 2.45) is 0 Å². The summed E-state index contributed by atoms with van der Waals surface area (Å²) in [6.45, 7) is 8.22. The van der Waals surface area contributed by atoms with E-state index in [2.05, 4.69) is 18.7 Å². The standard InChI is InChI=1S/C27H30N2O6/c1-17(2)18-3-5-19(6-4-18)24-23(25(30)20-7-8-21-22(15-20)35-16-34-21)26(31)27(32)29(24)10-9-28-11-13-33-14-12-28/h3-8,15,17,24,30H,9-14,16H2,1-2H3/b25-23+. The number of carbonyl (C=O) groups excluding carboxylic acids is 2. The van der Waals surface area contributed by atoms with Crippen molar-refractivity contribution < 1.29 is 28.9 Å². The predicted molar refractivity (Wildman–Crippen MR) is 129 cm³/mol. The number of aliphatic hydroxyl groups is 1. The number of likely N-dealkylation sites (tertiary alicyclic amines) is 1. The number of hydrogen-bond acceptors (Lipinski definition) is 7. The van der Waals surface area contributed by atoms with Gasteiger partial charge in [0.2, 0.25) is 6.79 Å². The van der Waals surface area contributed by atoms with Gasteiger partial charge in [-0.1, -0.05) is 38.1 Å². The Kier molecular flexibility index (Phi) is 6.49. The summed E-state index contributed by atoms with van der Waals surface area (Å²) in [5.41, 5.74) is 2.45. The van der Waals surface area contributed by atoms with Gasteiger partial charge in [0.1, 0.15) is 5.76 Å². The Hall–Kier alpha value is -3.36. The third-order valence-corrected chi connectivity index (χ3v) is 6.87. The van der Waals surface area contributed by atoms with Crippen molar-refractivity contribution in [1.29, 1.82) is 0 Å². The Bertz CT molecular complexity index is 1150. The summed E-state index contributed by atoms with van der Waals surface area (Å²) in [5.74, 6) is -0.0702. The van der Waals surface area contributed by atoms with Crippen LogP contribution in [0.3, 0.4) is 0 Å². The van der Waals surface area contributed by atoms with Gasteiger partial charge < -0.3 is 24.2 Å². The van der Waals surface area contributed by atoms with Gasteiger partial charge in [0.25, 0.3) is 11.7 Å². The lowest BCUT2D eigenvalue weighted by atomic mass is 9.93. The van der Waals surface area contributed by atoms with Crippen LogP contribution in [0.4, 0.5) is 0 Å². The average Bonchev–Trinajstić information content (AvgIpc) is 3.45. The normalized spacial score (nSPS) is 21.8. The van der Waals surface area contributed by atoms with Gasteiger partial charge in [0.05, 0.1) is 24.8 Å². The Labute approximate surface area is 204 Å². The van der Waals surface area contributed by atoms with Crippen LogP contribution >= 0.6 is 0 Å². The number of amides is 1. The van der Waals surface area contributed by atoms with Crippen LogP contribution < -0.4 is 9.47 Å². The molecule has 1 amide bonds. The number of Topliss-reactive ketones (excluding diaryl/α,β-unsaturated/α-hetero) is 1. The number of nitrogens with zero attached hydrogens (tertiary/aromatic N) is 2. The van der Waals surface area contributed by atoms with Crippen LogP contribution in [0.25, 0.3) is 5.76 Å². The Balaban J connectivity index is 1.53. The van der Waals surface area contributed by atoms with Crippen LogP contribution in [0.15, 0.2) is 48.0 Å². The van der Waals surface area contributed by atoms with Crippen molar-refractivity contribution in [3.05, 3.63) is 64.7 Å².